The topological polar surface area (TPSA) is 63.6 Å². The number of hydrogen-bond acceptors (Lipinski definition) is 4. The lowest BCUT2D eigenvalue weighted by Crippen LogP contribution is -2.22. The quantitative estimate of drug-likeness (QED) is 0.280. The molecule has 0 fully saturated rings. The Bertz CT molecular complexity index is 198. The third kappa shape index (κ3) is 4.42. The molecule has 0 radical (unpaired) electrons. The van der Waals surface area contributed by atoms with E-state index in [9.17, 15) is 9.59 Å². The first kappa shape index (κ1) is 11.8. The number of hydrogen-bond donors (Lipinski definition) is 1. The Hall–Kier alpha value is -1.16. The van der Waals surface area contributed by atoms with Gasteiger partial charge in [0.25, 0.3) is 0 Å². The fourth-order valence-electron chi connectivity index (χ4n) is 0.655. The second-order valence-corrected chi connectivity index (χ2v) is 2.57. The van der Waals surface area contributed by atoms with Crippen LogP contribution in [0.3, 0.4) is 0 Å². The van der Waals surface area contributed by atoms with Crippen LogP contribution < -0.4 is 0 Å². The summed E-state index contributed by atoms with van der Waals surface area (Å²) in [5, 5.41) is 8.40. The summed E-state index contributed by atoms with van der Waals surface area (Å²) in [6.45, 7) is 4.84. The summed E-state index contributed by atoms with van der Waals surface area (Å²) in [6.07, 6.45) is 1.48. The van der Waals surface area contributed by atoms with Crippen LogP contribution in [-0.2, 0) is 14.3 Å². The van der Waals surface area contributed by atoms with Crippen molar-refractivity contribution >= 4 is 11.8 Å². The first-order chi connectivity index (χ1) is 6.13. The van der Waals surface area contributed by atoms with Crippen LogP contribution in [0.15, 0.2) is 12.7 Å². The van der Waals surface area contributed by atoms with Gasteiger partial charge in [-0.15, -0.1) is 0 Å². The molecule has 0 rings (SSSR count). The Kier molecular flexibility index (Phi) is 5.80. The highest BCUT2D eigenvalue weighted by molar-refractivity contribution is 6.04. The van der Waals surface area contributed by atoms with Gasteiger partial charge in [-0.05, 0) is 13.0 Å². The minimum atomic E-state index is -0.795. The fourth-order valence-corrected chi connectivity index (χ4v) is 0.655. The first-order valence-electron chi connectivity index (χ1n) is 4.07. The van der Waals surface area contributed by atoms with E-state index in [4.69, 9.17) is 9.84 Å². The van der Waals surface area contributed by atoms with Gasteiger partial charge in [-0.3, -0.25) is 9.59 Å². The van der Waals surface area contributed by atoms with E-state index in [0.717, 1.165) is 6.08 Å². The zero-order valence-corrected chi connectivity index (χ0v) is 7.66. The monoisotopic (exact) mass is 186 g/mol. The van der Waals surface area contributed by atoms with E-state index < -0.39 is 11.9 Å². The number of aliphatic hydroxyl groups is 1. The number of esters is 1. The molecule has 0 saturated heterocycles. The molecule has 0 aromatic carbocycles. The lowest BCUT2D eigenvalue weighted by atomic mass is 10.1. The van der Waals surface area contributed by atoms with Crippen LogP contribution in [0.2, 0.25) is 0 Å². The second-order valence-electron chi connectivity index (χ2n) is 2.57. The van der Waals surface area contributed by atoms with Gasteiger partial charge in [0.15, 0.2) is 5.78 Å². The Morgan fingerprint density at radius 3 is 2.69 bits per heavy atom. The Balaban J connectivity index is 3.82. The summed E-state index contributed by atoms with van der Waals surface area (Å²) in [5.41, 5.74) is 0. The van der Waals surface area contributed by atoms with Crippen LogP contribution in [-0.4, -0.2) is 30.1 Å². The highest BCUT2D eigenvalue weighted by Crippen LogP contribution is 2.01. The molecule has 0 amide bonds. The maximum absolute atomic E-state index is 11.0. The van der Waals surface area contributed by atoms with E-state index in [1.165, 1.54) is 6.92 Å². The maximum Gasteiger partial charge on any atom is 0.316 e. The van der Waals surface area contributed by atoms with Crippen molar-refractivity contribution in [1.82, 2.24) is 0 Å². The maximum atomic E-state index is 11.0. The minimum Gasteiger partial charge on any atom is -0.465 e. The molecule has 4 nitrogen and oxygen atoms in total. The molecule has 4 heteroatoms. The van der Waals surface area contributed by atoms with Crippen LogP contribution in [0.5, 0.6) is 0 Å². The molecule has 74 valence electrons. The molecule has 1 atom stereocenters. The molecule has 0 aromatic heterocycles. The zero-order chi connectivity index (χ0) is 10.3. The van der Waals surface area contributed by atoms with Crippen LogP contribution in [0.25, 0.3) is 0 Å². The Morgan fingerprint density at radius 2 is 2.23 bits per heavy atom. The van der Waals surface area contributed by atoms with Crippen molar-refractivity contribution in [3.05, 3.63) is 12.7 Å². The Morgan fingerprint density at radius 1 is 1.62 bits per heavy atom. The predicted octanol–water partition coefficient (Wildman–Crippen LogP) is 0.303. The fraction of sp³-hybridized carbons (Fsp3) is 0.556. The van der Waals surface area contributed by atoms with Gasteiger partial charge >= 0.3 is 5.97 Å². The van der Waals surface area contributed by atoms with E-state index in [2.05, 4.69) is 6.58 Å². The van der Waals surface area contributed by atoms with Gasteiger partial charge in [-0.1, -0.05) is 6.58 Å². The number of aliphatic hydroxyl groups excluding tert-OH is 1. The van der Waals surface area contributed by atoms with Crippen molar-refractivity contribution in [2.45, 2.75) is 13.3 Å². The summed E-state index contributed by atoms with van der Waals surface area (Å²) in [5.74, 6) is -1.72. The van der Waals surface area contributed by atoms with E-state index in [-0.39, 0.29) is 19.0 Å². The lowest BCUT2D eigenvalue weighted by molar-refractivity contribution is -0.150. The molecule has 0 bridgehead atoms. The molecule has 0 spiro atoms. The lowest BCUT2D eigenvalue weighted by Gasteiger charge is -2.07. The van der Waals surface area contributed by atoms with Crippen molar-refractivity contribution in [3.63, 3.8) is 0 Å². The highest BCUT2D eigenvalue weighted by Gasteiger charge is 2.19. The largest absolute Gasteiger partial charge is 0.465 e. The average molecular weight is 186 g/mol. The van der Waals surface area contributed by atoms with E-state index in [1.807, 2.05) is 0 Å². The molecular weight excluding hydrogens is 172 g/mol. The summed E-state index contributed by atoms with van der Waals surface area (Å²) in [6, 6.07) is 0. The minimum absolute atomic E-state index is 0.0307. The van der Waals surface area contributed by atoms with E-state index in [1.54, 1.807) is 0 Å². The molecule has 0 aliphatic carbocycles. The van der Waals surface area contributed by atoms with Gasteiger partial charge in [-0.2, -0.15) is 0 Å². The molecule has 0 heterocycles. The summed E-state index contributed by atoms with van der Waals surface area (Å²) in [4.78, 5) is 22.0. The zero-order valence-electron chi connectivity index (χ0n) is 7.66. The van der Waals surface area contributed by atoms with Gasteiger partial charge in [0.2, 0.25) is 0 Å². The van der Waals surface area contributed by atoms with Gasteiger partial charge in [0.1, 0.15) is 5.92 Å². The van der Waals surface area contributed by atoms with Crippen molar-refractivity contribution < 1.29 is 19.4 Å². The summed E-state index contributed by atoms with van der Waals surface area (Å²) < 4.78 is 4.70. The summed E-state index contributed by atoms with van der Waals surface area (Å²) >= 11 is 0. The number of carbonyl (C=O) groups excluding carboxylic acids is 2. The number of allylic oxidation sites excluding steroid dienone is 1. The van der Waals surface area contributed by atoms with Crippen LogP contribution in [0, 0.1) is 5.92 Å². The van der Waals surface area contributed by atoms with Gasteiger partial charge in [0.05, 0.1) is 6.61 Å². The average Bonchev–Trinajstić information content (AvgIpc) is 2.15. The SMILES string of the molecule is C=CC(=O)C(C)C(=O)OCCCO. The number of ketones is 1. The standard InChI is InChI=1S/C9H14O4/c1-3-8(11)7(2)9(12)13-6-4-5-10/h3,7,10H,1,4-6H2,2H3. The molecule has 1 N–H and O–H groups in total. The van der Waals surface area contributed by atoms with Gasteiger partial charge in [0, 0.05) is 13.0 Å². The number of rotatable bonds is 6. The van der Waals surface area contributed by atoms with E-state index in [0.29, 0.717) is 6.42 Å². The number of ether oxygens (including phenoxy) is 1. The third-order valence-corrected chi connectivity index (χ3v) is 1.53. The van der Waals surface area contributed by atoms with Crippen LogP contribution in [0.4, 0.5) is 0 Å². The molecular formula is C9H14O4. The Labute approximate surface area is 77.2 Å². The molecule has 0 aliphatic heterocycles. The molecule has 0 aliphatic rings. The van der Waals surface area contributed by atoms with Crippen LogP contribution in [0.1, 0.15) is 13.3 Å². The normalized spacial score (nSPS) is 11.8. The van der Waals surface area contributed by atoms with Crippen molar-refractivity contribution in [3.8, 4) is 0 Å². The van der Waals surface area contributed by atoms with E-state index >= 15 is 0 Å². The van der Waals surface area contributed by atoms with Gasteiger partial charge < -0.3 is 9.84 Å². The number of carbonyl (C=O) groups is 2. The highest BCUT2D eigenvalue weighted by atomic mass is 16.5. The second kappa shape index (κ2) is 6.37. The van der Waals surface area contributed by atoms with Crippen molar-refractivity contribution in [2.75, 3.05) is 13.2 Å². The third-order valence-electron chi connectivity index (χ3n) is 1.53. The summed E-state index contributed by atoms with van der Waals surface area (Å²) in [7, 11) is 0. The van der Waals surface area contributed by atoms with Crippen LogP contribution >= 0.6 is 0 Å². The van der Waals surface area contributed by atoms with Crippen molar-refractivity contribution in [2.24, 2.45) is 5.92 Å². The molecule has 13 heavy (non-hydrogen) atoms. The molecule has 0 aromatic rings. The predicted molar refractivity (Wildman–Crippen MR) is 47.0 cm³/mol. The van der Waals surface area contributed by atoms with Crippen molar-refractivity contribution in [1.29, 1.82) is 0 Å². The molecule has 1 unspecified atom stereocenters. The molecule has 0 saturated carbocycles. The smallest absolute Gasteiger partial charge is 0.316 e. The first-order valence-corrected chi connectivity index (χ1v) is 4.07. The van der Waals surface area contributed by atoms with Gasteiger partial charge in [-0.25, -0.2) is 0 Å².